The molecule has 2 aromatic rings. The molecule has 1 unspecified atom stereocenters. The van der Waals surface area contributed by atoms with Crippen LogP contribution in [-0.4, -0.2) is 22.8 Å². The molecule has 1 aliphatic heterocycles. The van der Waals surface area contributed by atoms with Crippen molar-refractivity contribution in [2.24, 2.45) is 4.99 Å². The maximum Gasteiger partial charge on any atom is 0.146 e. The standard InChI is InChI=1S/C22H27N3O/c1-4-14-8-6-9-15-16(5-2)24-20(22(14)15)12-19-21(26-3)13-18(25-19)17-10-7-11-23-17/h7,10-14,23-24H,4-6,8-9H2,1-3H3. The summed E-state index contributed by atoms with van der Waals surface area (Å²) >= 11 is 0. The van der Waals surface area contributed by atoms with E-state index in [9.17, 15) is 0 Å². The first-order valence-electron chi connectivity index (χ1n) is 9.68. The molecule has 1 aliphatic carbocycles. The number of methoxy groups -OCH3 is 1. The largest absolute Gasteiger partial charge is 0.494 e. The number of ether oxygens (including phenoxy) is 1. The van der Waals surface area contributed by atoms with Gasteiger partial charge in [0.2, 0.25) is 0 Å². The third kappa shape index (κ3) is 2.83. The van der Waals surface area contributed by atoms with E-state index in [-0.39, 0.29) is 0 Å². The Labute approximate surface area is 155 Å². The Bertz CT molecular complexity index is 881. The first-order chi connectivity index (χ1) is 12.7. The first-order valence-corrected chi connectivity index (χ1v) is 9.68. The van der Waals surface area contributed by atoms with E-state index in [1.54, 1.807) is 12.7 Å². The number of aromatic amines is 2. The Kier molecular flexibility index (Phi) is 4.58. The van der Waals surface area contributed by atoms with E-state index >= 15 is 0 Å². The average Bonchev–Trinajstić information content (AvgIpc) is 3.40. The highest BCUT2D eigenvalue weighted by Crippen LogP contribution is 2.39. The van der Waals surface area contributed by atoms with Crippen LogP contribution in [0.1, 0.15) is 67.2 Å². The molecule has 136 valence electrons. The maximum atomic E-state index is 5.61. The molecular weight excluding hydrogens is 322 g/mol. The molecule has 4 heteroatoms. The monoisotopic (exact) mass is 349 g/mol. The Morgan fingerprint density at radius 1 is 1.35 bits per heavy atom. The Morgan fingerprint density at radius 3 is 2.92 bits per heavy atom. The number of rotatable bonds is 5. The van der Waals surface area contributed by atoms with Gasteiger partial charge in [-0.05, 0) is 67.4 Å². The molecule has 2 aliphatic rings. The lowest BCUT2D eigenvalue weighted by molar-refractivity contribution is 0.303. The van der Waals surface area contributed by atoms with Gasteiger partial charge in [0.25, 0.3) is 0 Å². The zero-order valence-electron chi connectivity index (χ0n) is 15.9. The van der Waals surface area contributed by atoms with Gasteiger partial charge in [0.05, 0.1) is 18.5 Å². The third-order valence-electron chi connectivity index (χ3n) is 5.64. The molecule has 26 heavy (non-hydrogen) atoms. The van der Waals surface area contributed by atoms with Crippen molar-refractivity contribution in [3.05, 3.63) is 64.1 Å². The third-order valence-corrected chi connectivity index (χ3v) is 5.64. The lowest BCUT2D eigenvalue weighted by Gasteiger charge is -2.23. The minimum absolute atomic E-state index is 0.644. The van der Waals surface area contributed by atoms with Crippen LogP contribution in [0.2, 0.25) is 0 Å². The number of aryl methyl sites for hydroxylation is 1. The minimum Gasteiger partial charge on any atom is -0.494 e. The first kappa shape index (κ1) is 17.0. The second-order valence-corrected chi connectivity index (χ2v) is 7.08. The minimum atomic E-state index is 0.644. The molecule has 4 nitrogen and oxygen atoms in total. The number of H-pyrrole nitrogens is 2. The van der Waals surface area contributed by atoms with Crippen LogP contribution in [0.25, 0.3) is 6.08 Å². The van der Waals surface area contributed by atoms with Gasteiger partial charge in [-0.3, -0.25) is 0 Å². The molecule has 2 aromatic heterocycles. The van der Waals surface area contributed by atoms with Gasteiger partial charge >= 0.3 is 0 Å². The second-order valence-electron chi connectivity index (χ2n) is 7.08. The van der Waals surface area contributed by atoms with Crippen molar-refractivity contribution in [3.63, 3.8) is 0 Å². The van der Waals surface area contributed by atoms with Gasteiger partial charge in [0.1, 0.15) is 11.5 Å². The van der Waals surface area contributed by atoms with Crippen molar-refractivity contribution < 1.29 is 4.74 Å². The van der Waals surface area contributed by atoms with Crippen LogP contribution in [0, 0.1) is 0 Å². The fourth-order valence-electron chi connectivity index (χ4n) is 4.32. The molecule has 1 atom stereocenters. The van der Waals surface area contributed by atoms with E-state index in [1.165, 1.54) is 42.6 Å². The summed E-state index contributed by atoms with van der Waals surface area (Å²) in [5.41, 5.74) is 8.49. The average molecular weight is 349 g/mol. The molecule has 0 saturated carbocycles. The number of aromatic nitrogens is 2. The van der Waals surface area contributed by atoms with Gasteiger partial charge in [-0.25, -0.2) is 4.99 Å². The smallest absolute Gasteiger partial charge is 0.146 e. The molecule has 0 radical (unpaired) electrons. The van der Waals surface area contributed by atoms with Crippen LogP contribution >= 0.6 is 0 Å². The van der Waals surface area contributed by atoms with E-state index in [0.717, 1.165) is 29.3 Å². The molecular formula is C22H27N3O. The number of aliphatic imine (C=N–C) groups is 1. The molecule has 4 rings (SSSR count). The van der Waals surface area contributed by atoms with Crippen molar-refractivity contribution in [2.45, 2.75) is 51.9 Å². The van der Waals surface area contributed by atoms with Gasteiger partial charge in [-0.2, -0.15) is 0 Å². The lowest BCUT2D eigenvalue weighted by Crippen LogP contribution is -2.09. The van der Waals surface area contributed by atoms with Gasteiger partial charge in [-0.1, -0.05) is 13.8 Å². The number of allylic oxidation sites excluding steroid dienone is 1. The normalized spacial score (nSPS) is 20.9. The summed E-state index contributed by atoms with van der Waals surface area (Å²) in [6.07, 6.45) is 12.1. The summed E-state index contributed by atoms with van der Waals surface area (Å²) in [7, 11) is 1.71. The highest BCUT2D eigenvalue weighted by Gasteiger charge is 2.26. The molecule has 0 fully saturated rings. The fraction of sp³-hybridized carbons (Fsp3) is 0.409. The quantitative estimate of drug-likeness (QED) is 0.774. The topological polar surface area (TPSA) is 53.2 Å². The molecule has 0 aromatic carbocycles. The summed E-state index contributed by atoms with van der Waals surface area (Å²) in [6, 6.07) is 4.02. The zero-order chi connectivity index (χ0) is 18.1. The van der Waals surface area contributed by atoms with Crippen molar-refractivity contribution >= 4 is 11.8 Å². The van der Waals surface area contributed by atoms with Crippen LogP contribution < -0.4 is 0 Å². The highest BCUT2D eigenvalue weighted by atomic mass is 16.5. The number of fused-ring (bicyclic) bond motifs is 1. The number of hydrogen-bond donors (Lipinski definition) is 2. The van der Waals surface area contributed by atoms with Gasteiger partial charge in [0.15, 0.2) is 0 Å². The molecule has 0 spiro atoms. The molecule has 2 N–H and O–H groups in total. The zero-order valence-corrected chi connectivity index (χ0v) is 15.9. The molecule has 0 amide bonds. The number of hydrogen-bond acceptors (Lipinski definition) is 2. The van der Waals surface area contributed by atoms with Gasteiger partial charge in [0, 0.05) is 23.7 Å². The van der Waals surface area contributed by atoms with E-state index in [0.29, 0.717) is 5.92 Å². The van der Waals surface area contributed by atoms with Crippen molar-refractivity contribution in [1.82, 2.24) is 9.97 Å². The Balaban J connectivity index is 1.79. The summed E-state index contributed by atoms with van der Waals surface area (Å²) in [6.45, 7) is 4.53. The molecule has 3 heterocycles. The summed E-state index contributed by atoms with van der Waals surface area (Å²) in [5.74, 6) is 1.46. The summed E-state index contributed by atoms with van der Waals surface area (Å²) in [4.78, 5) is 11.7. The van der Waals surface area contributed by atoms with Crippen LogP contribution in [0.5, 0.6) is 0 Å². The van der Waals surface area contributed by atoms with Crippen LogP contribution in [0.3, 0.4) is 0 Å². The van der Waals surface area contributed by atoms with E-state index in [2.05, 4.69) is 29.9 Å². The molecule has 0 saturated heterocycles. The Morgan fingerprint density at radius 2 is 2.23 bits per heavy atom. The van der Waals surface area contributed by atoms with Gasteiger partial charge in [-0.15, -0.1) is 0 Å². The van der Waals surface area contributed by atoms with E-state index in [4.69, 9.17) is 9.73 Å². The predicted octanol–water partition coefficient (Wildman–Crippen LogP) is 5.11. The fourth-order valence-corrected chi connectivity index (χ4v) is 4.32. The van der Waals surface area contributed by atoms with Crippen LogP contribution in [0.4, 0.5) is 0 Å². The van der Waals surface area contributed by atoms with Crippen molar-refractivity contribution in [1.29, 1.82) is 0 Å². The highest BCUT2D eigenvalue weighted by molar-refractivity contribution is 6.11. The second kappa shape index (κ2) is 7.02. The summed E-state index contributed by atoms with van der Waals surface area (Å²) in [5, 5.41) is 0. The number of nitrogens with zero attached hydrogens (tertiary/aromatic N) is 1. The van der Waals surface area contributed by atoms with Crippen LogP contribution in [0.15, 0.2) is 40.9 Å². The summed E-state index contributed by atoms with van der Waals surface area (Å²) < 4.78 is 5.61. The predicted molar refractivity (Wildman–Crippen MR) is 107 cm³/mol. The maximum absolute atomic E-state index is 5.61. The SMILES string of the molecule is CCc1[nH]c(C=C2N=C(c3ccc[nH]3)C=C2OC)c2c1CCCC2CC. The van der Waals surface area contributed by atoms with E-state index < -0.39 is 0 Å². The Hall–Kier alpha value is -2.49. The van der Waals surface area contributed by atoms with E-state index in [1.807, 2.05) is 24.4 Å². The molecule has 0 bridgehead atoms. The van der Waals surface area contributed by atoms with Crippen molar-refractivity contribution in [2.75, 3.05) is 7.11 Å². The lowest BCUT2D eigenvalue weighted by atomic mass is 9.81. The van der Waals surface area contributed by atoms with Crippen LogP contribution in [-0.2, 0) is 17.6 Å². The van der Waals surface area contributed by atoms with Gasteiger partial charge < -0.3 is 14.7 Å². The number of nitrogens with one attached hydrogen (secondary N) is 2. The van der Waals surface area contributed by atoms with Crippen molar-refractivity contribution in [3.8, 4) is 0 Å².